The molecule has 20 heavy (non-hydrogen) atoms. The van der Waals surface area contributed by atoms with Crippen LogP contribution in [0, 0.1) is 29.1 Å². The number of carbonyl (C=O) groups excluding carboxylic acids is 1. The number of ketones is 1. The molecule has 7 heteroatoms. The molecule has 0 saturated heterocycles. The average molecular weight is 287 g/mol. The van der Waals surface area contributed by atoms with Crippen LogP contribution in [0.3, 0.4) is 0 Å². The molecule has 0 radical (unpaired) electrons. The third-order valence-electron chi connectivity index (χ3n) is 2.59. The number of nitrogen functional groups attached to an aromatic ring is 1. The topological polar surface area (TPSA) is 43.1 Å². The van der Waals surface area contributed by atoms with Crippen molar-refractivity contribution in [3.8, 4) is 0 Å². The van der Waals surface area contributed by atoms with Crippen molar-refractivity contribution in [3.05, 3.63) is 64.5 Å². The van der Waals surface area contributed by atoms with Gasteiger partial charge in [0.25, 0.3) is 0 Å². The van der Waals surface area contributed by atoms with E-state index in [2.05, 4.69) is 0 Å². The van der Waals surface area contributed by atoms with Crippen LogP contribution in [0.25, 0.3) is 0 Å². The fourth-order valence-corrected chi connectivity index (χ4v) is 1.60. The lowest BCUT2D eigenvalue weighted by Crippen LogP contribution is -2.10. The number of nitrogens with two attached hydrogens (primary N) is 1. The maximum Gasteiger partial charge on any atom is 0.198 e. The highest BCUT2D eigenvalue weighted by Gasteiger charge is 2.21. The van der Waals surface area contributed by atoms with Crippen molar-refractivity contribution in [2.45, 2.75) is 0 Å². The number of carbonyl (C=O) groups is 1. The first-order valence-electron chi connectivity index (χ1n) is 5.25. The van der Waals surface area contributed by atoms with E-state index in [-0.39, 0.29) is 6.07 Å². The number of rotatable bonds is 2. The Kier molecular flexibility index (Phi) is 3.44. The van der Waals surface area contributed by atoms with Crippen LogP contribution in [0.5, 0.6) is 0 Å². The van der Waals surface area contributed by atoms with Gasteiger partial charge in [-0.1, -0.05) is 0 Å². The summed E-state index contributed by atoms with van der Waals surface area (Å²) in [5, 5.41) is 0. The quantitative estimate of drug-likeness (QED) is 0.399. The van der Waals surface area contributed by atoms with Crippen LogP contribution < -0.4 is 5.73 Å². The predicted octanol–water partition coefficient (Wildman–Crippen LogP) is 3.20. The Balaban J connectivity index is 2.57. The molecule has 2 nitrogen and oxygen atoms in total. The van der Waals surface area contributed by atoms with Gasteiger partial charge in [-0.15, -0.1) is 0 Å². The SMILES string of the molecule is Nc1cc(F)c(F)cc1C(=O)c1cc(F)c(F)cc1F. The summed E-state index contributed by atoms with van der Waals surface area (Å²) in [5.74, 6) is -8.10. The van der Waals surface area contributed by atoms with Crippen molar-refractivity contribution >= 4 is 11.5 Å². The highest BCUT2D eigenvalue weighted by atomic mass is 19.2. The average Bonchev–Trinajstić information content (AvgIpc) is 2.37. The summed E-state index contributed by atoms with van der Waals surface area (Å²) in [6, 6.07) is 1.51. The number of hydrogen-bond acceptors (Lipinski definition) is 2. The number of benzene rings is 2. The molecule has 2 aromatic rings. The molecule has 2 aromatic carbocycles. The molecule has 0 aromatic heterocycles. The molecule has 0 aliphatic rings. The van der Waals surface area contributed by atoms with Gasteiger partial charge in [0.05, 0.1) is 5.56 Å². The Hall–Kier alpha value is -2.44. The molecular formula is C13H6F5NO. The lowest BCUT2D eigenvalue weighted by molar-refractivity contribution is 0.103. The van der Waals surface area contributed by atoms with Gasteiger partial charge in [-0.2, -0.15) is 0 Å². The number of halogens is 5. The van der Waals surface area contributed by atoms with Gasteiger partial charge in [0, 0.05) is 23.4 Å². The standard InChI is InChI=1S/C13H6F5NO/c14-7-3-10(17)8(15)1-5(7)13(20)6-2-9(16)11(18)4-12(6)19/h1-4H,19H2. The first-order valence-corrected chi connectivity index (χ1v) is 5.25. The van der Waals surface area contributed by atoms with Crippen LogP contribution in [0.1, 0.15) is 15.9 Å². The Labute approximate surface area is 109 Å². The minimum Gasteiger partial charge on any atom is -0.398 e. The Morgan fingerprint density at radius 2 is 1.15 bits per heavy atom. The molecule has 0 unspecified atom stereocenters. The number of anilines is 1. The summed E-state index contributed by atoms with van der Waals surface area (Å²) in [6.45, 7) is 0. The molecule has 2 rings (SSSR count). The summed E-state index contributed by atoms with van der Waals surface area (Å²) < 4.78 is 65.2. The Bertz CT molecular complexity index is 655. The predicted molar refractivity (Wildman–Crippen MR) is 60.5 cm³/mol. The van der Waals surface area contributed by atoms with E-state index in [9.17, 15) is 26.7 Å². The van der Waals surface area contributed by atoms with Gasteiger partial charge in [0.15, 0.2) is 29.1 Å². The monoisotopic (exact) mass is 287 g/mol. The molecule has 0 atom stereocenters. The van der Waals surface area contributed by atoms with E-state index < -0.39 is 51.7 Å². The smallest absolute Gasteiger partial charge is 0.198 e. The molecular weight excluding hydrogens is 281 g/mol. The molecule has 104 valence electrons. The van der Waals surface area contributed by atoms with Gasteiger partial charge >= 0.3 is 0 Å². The van der Waals surface area contributed by atoms with Crippen molar-refractivity contribution in [3.63, 3.8) is 0 Å². The molecule has 0 bridgehead atoms. The molecule has 0 heterocycles. The van der Waals surface area contributed by atoms with E-state index in [0.29, 0.717) is 18.2 Å². The first-order chi connectivity index (χ1) is 9.31. The highest BCUT2D eigenvalue weighted by Crippen LogP contribution is 2.23. The van der Waals surface area contributed by atoms with E-state index in [4.69, 9.17) is 5.73 Å². The molecule has 0 saturated carbocycles. The summed E-state index contributed by atoms with van der Waals surface area (Å²) >= 11 is 0. The minimum atomic E-state index is -1.47. The van der Waals surface area contributed by atoms with Gasteiger partial charge in [0.2, 0.25) is 0 Å². The maximum absolute atomic E-state index is 13.4. The molecule has 0 spiro atoms. The van der Waals surface area contributed by atoms with Crippen molar-refractivity contribution in [1.82, 2.24) is 0 Å². The van der Waals surface area contributed by atoms with Crippen LogP contribution >= 0.6 is 0 Å². The van der Waals surface area contributed by atoms with Crippen molar-refractivity contribution < 1.29 is 26.7 Å². The fraction of sp³-hybridized carbons (Fsp3) is 0. The van der Waals surface area contributed by atoms with Crippen LogP contribution in [0.2, 0.25) is 0 Å². The van der Waals surface area contributed by atoms with E-state index in [1.807, 2.05) is 0 Å². The molecule has 0 aliphatic carbocycles. The Morgan fingerprint density at radius 3 is 1.75 bits per heavy atom. The lowest BCUT2D eigenvalue weighted by atomic mass is 10.0. The van der Waals surface area contributed by atoms with Gasteiger partial charge in [-0.25, -0.2) is 22.0 Å². The van der Waals surface area contributed by atoms with Crippen molar-refractivity contribution in [2.24, 2.45) is 0 Å². The van der Waals surface area contributed by atoms with Crippen molar-refractivity contribution in [2.75, 3.05) is 5.73 Å². The zero-order valence-corrected chi connectivity index (χ0v) is 9.68. The molecule has 0 amide bonds. The van der Waals surface area contributed by atoms with E-state index in [1.54, 1.807) is 0 Å². The zero-order valence-electron chi connectivity index (χ0n) is 9.68. The first kappa shape index (κ1) is 14.0. The summed E-state index contributed by atoms with van der Waals surface area (Å²) in [7, 11) is 0. The van der Waals surface area contributed by atoms with E-state index in [1.165, 1.54) is 0 Å². The highest BCUT2D eigenvalue weighted by molar-refractivity contribution is 6.12. The Morgan fingerprint density at radius 1 is 0.700 bits per heavy atom. The fourth-order valence-electron chi connectivity index (χ4n) is 1.60. The van der Waals surface area contributed by atoms with Crippen LogP contribution in [0.15, 0.2) is 24.3 Å². The largest absolute Gasteiger partial charge is 0.398 e. The zero-order chi connectivity index (χ0) is 15.0. The van der Waals surface area contributed by atoms with Gasteiger partial charge < -0.3 is 5.73 Å². The second kappa shape index (κ2) is 4.92. The van der Waals surface area contributed by atoms with Gasteiger partial charge in [0.1, 0.15) is 5.82 Å². The minimum absolute atomic E-state index is 0.179. The summed E-state index contributed by atoms with van der Waals surface area (Å²) in [4.78, 5) is 11.9. The van der Waals surface area contributed by atoms with Gasteiger partial charge in [-0.3, -0.25) is 4.79 Å². The number of hydrogen-bond donors (Lipinski definition) is 1. The maximum atomic E-state index is 13.4. The molecule has 2 N–H and O–H groups in total. The molecule has 0 fully saturated rings. The van der Waals surface area contributed by atoms with E-state index >= 15 is 0 Å². The molecule has 0 aliphatic heterocycles. The normalized spacial score (nSPS) is 10.7. The summed E-state index contributed by atoms with van der Waals surface area (Å²) in [5.41, 5.74) is 3.50. The lowest BCUT2D eigenvalue weighted by Gasteiger charge is -2.07. The summed E-state index contributed by atoms with van der Waals surface area (Å²) in [6.07, 6.45) is 0. The second-order valence-corrected chi connectivity index (χ2v) is 3.93. The van der Waals surface area contributed by atoms with Crippen molar-refractivity contribution in [1.29, 1.82) is 0 Å². The van der Waals surface area contributed by atoms with E-state index in [0.717, 1.165) is 0 Å². The third-order valence-corrected chi connectivity index (χ3v) is 2.59. The van der Waals surface area contributed by atoms with Crippen LogP contribution in [-0.2, 0) is 0 Å². The van der Waals surface area contributed by atoms with Crippen LogP contribution in [-0.4, -0.2) is 5.78 Å². The van der Waals surface area contributed by atoms with Crippen LogP contribution in [0.4, 0.5) is 27.6 Å². The second-order valence-electron chi connectivity index (χ2n) is 3.93. The van der Waals surface area contributed by atoms with Gasteiger partial charge in [-0.05, 0) is 12.1 Å². The third kappa shape index (κ3) is 2.34.